The van der Waals surface area contributed by atoms with Gasteiger partial charge in [-0.2, -0.15) is 4.98 Å². The number of carbonyl (C=O) groups is 1. The van der Waals surface area contributed by atoms with Gasteiger partial charge in [0.05, 0.1) is 0 Å². The summed E-state index contributed by atoms with van der Waals surface area (Å²) in [4.78, 5) is 17.1. The second-order valence-corrected chi connectivity index (χ2v) is 7.49. The molecule has 3 aliphatic rings. The fraction of sp³-hybridized carbons (Fsp3) is 0.526. The highest BCUT2D eigenvalue weighted by atomic mass is 16.5. The summed E-state index contributed by atoms with van der Waals surface area (Å²) in [5.41, 5.74) is 1.52. The van der Waals surface area contributed by atoms with Crippen LogP contribution in [0.5, 0.6) is 0 Å². The molecule has 1 N–H and O–H groups in total. The largest absolute Gasteiger partial charge is 0.349 e. The van der Waals surface area contributed by atoms with E-state index in [-0.39, 0.29) is 5.91 Å². The SMILES string of the molecule is O=C(NC(C1CC1)C1CC1)c1cccc(-c2noc(C3CC3)n2)c1. The number of hydrogen-bond donors (Lipinski definition) is 1. The summed E-state index contributed by atoms with van der Waals surface area (Å²) < 4.78 is 5.33. The molecule has 5 nitrogen and oxygen atoms in total. The van der Waals surface area contributed by atoms with Crippen LogP contribution in [0.3, 0.4) is 0 Å². The molecular weight excluding hydrogens is 302 g/mol. The number of hydrogen-bond acceptors (Lipinski definition) is 4. The van der Waals surface area contributed by atoms with Crippen molar-refractivity contribution in [1.29, 1.82) is 0 Å². The van der Waals surface area contributed by atoms with E-state index >= 15 is 0 Å². The number of benzene rings is 1. The summed E-state index contributed by atoms with van der Waals surface area (Å²) in [6.07, 6.45) is 7.30. The van der Waals surface area contributed by atoms with E-state index in [0.717, 1.165) is 24.3 Å². The Labute approximate surface area is 140 Å². The predicted molar refractivity (Wildman–Crippen MR) is 88.4 cm³/mol. The minimum absolute atomic E-state index is 0.0200. The first kappa shape index (κ1) is 14.2. The van der Waals surface area contributed by atoms with Crippen molar-refractivity contribution in [3.63, 3.8) is 0 Å². The third-order valence-corrected chi connectivity index (χ3v) is 5.31. The van der Waals surface area contributed by atoms with Gasteiger partial charge in [-0.1, -0.05) is 17.3 Å². The minimum atomic E-state index is 0.0200. The van der Waals surface area contributed by atoms with E-state index in [4.69, 9.17) is 4.52 Å². The first-order chi connectivity index (χ1) is 11.8. The lowest BCUT2D eigenvalue weighted by Gasteiger charge is -2.17. The Morgan fingerprint density at radius 1 is 1.12 bits per heavy atom. The molecule has 0 unspecified atom stereocenters. The van der Waals surface area contributed by atoms with Crippen LogP contribution in [0.2, 0.25) is 0 Å². The maximum absolute atomic E-state index is 12.7. The topological polar surface area (TPSA) is 68.0 Å². The third-order valence-electron chi connectivity index (χ3n) is 5.31. The third kappa shape index (κ3) is 2.83. The predicted octanol–water partition coefficient (Wildman–Crippen LogP) is 3.53. The molecule has 0 aliphatic heterocycles. The average Bonchev–Trinajstić information content (AvgIpc) is 3.43. The summed E-state index contributed by atoms with van der Waals surface area (Å²) in [6.45, 7) is 0. The summed E-state index contributed by atoms with van der Waals surface area (Å²) in [7, 11) is 0. The lowest BCUT2D eigenvalue weighted by Crippen LogP contribution is -2.38. The Morgan fingerprint density at radius 2 is 1.88 bits per heavy atom. The molecule has 0 radical (unpaired) electrons. The molecule has 3 saturated carbocycles. The van der Waals surface area contributed by atoms with Crippen LogP contribution in [0.1, 0.15) is 60.7 Å². The second kappa shape index (κ2) is 5.43. The first-order valence-corrected chi connectivity index (χ1v) is 9.03. The number of rotatable bonds is 6. The van der Waals surface area contributed by atoms with Gasteiger partial charge in [0.25, 0.3) is 5.91 Å². The summed E-state index contributed by atoms with van der Waals surface area (Å²) in [5.74, 6) is 3.16. The molecule has 124 valence electrons. The Balaban J connectivity index is 1.34. The van der Waals surface area contributed by atoms with Gasteiger partial charge < -0.3 is 9.84 Å². The normalized spacial score (nSPS) is 20.4. The van der Waals surface area contributed by atoms with E-state index in [0.29, 0.717) is 35.2 Å². The van der Waals surface area contributed by atoms with Gasteiger partial charge in [0, 0.05) is 23.1 Å². The second-order valence-electron chi connectivity index (χ2n) is 7.49. The van der Waals surface area contributed by atoms with Crippen LogP contribution < -0.4 is 5.32 Å². The van der Waals surface area contributed by atoms with Gasteiger partial charge in [0.15, 0.2) is 0 Å². The van der Waals surface area contributed by atoms with E-state index < -0.39 is 0 Å². The van der Waals surface area contributed by atoms with E-state index in [1.54, 1.807) is 0 Å². The number of carbonyl (C=O) groups excluding carboxylic acids is 1. The van der Waals surface area contributed by atoms with Gasteiger partial charge in [0.1, 0.15) is 0 Å². The van der Waals surface area contributed by atoms with Crippen LogP contribution in [-0.4, -0.2) is 22.1 Å². The van der Waals surface area contributed by atoms with Crippen molar-refractivity contribution in [3.05, 3.63) is 35.7 Å². The van der Waals surface area contributed by atoms with Crippen LogP contribution in [0.4, 0.5) is 0 Å². The molecule has 5 rings (SSSR count). The highest BCUT2D eigenvalue weighted by molar-refractivity contribution is 5.95. The molecule has 1 aromatic heterocycles. The fourth-order valence-corrected chi connectivity index (χ4v) is 3.41. The fourth-order valence-electron chi connectivity index (χ4n) is 3.41. The van der Waals surface area contributed by atoms with Crippen molar-refractivity contribution in [1.82, 2.24) is 15.5 Å². The van der Waals surface area contributed by atoms with Gasteiger partial charge in [0.2, 0.25) is 11.7 Å². The number of nitrogens with one attached hydrogen (secondary N) is 1. The number of amides is 1. The van der Waals surface area contributed by atoms with Crippen LogP contribution in [0.25, 0.3) is 11.4 Å². The van der Waals surface area contributed by atoms with Gasteiger partial charge >= 0.3 is 0 Å². The lowest BCUT2D eigenvalue weighted by atomic mass is 10.1. The molecule has 1 amide bonds. The molecule has 3 fully saturated rings. The quantitative estimate of drug-likeness (QED) is 0.883. The zero-order valence-corrected chi connectivity index (χ0v) is 13.6. The van der Waals surface area contributed by atoms with Crippen LogP contribution in [-0.2, 0) is 0 Å². The molecule has 0 bridgehead atoms. The van der Waals surface area contributed by atoms with E-state index in [1.165, 1.54) is 25.7 Å². The molecule has 1 heterocycles. The molecule has 2 aromatic rings. The average molecular weight is 323 g/mol. The molecule has 1 aromatic carbocycles. The smallest absolute Gasteiger partial charge is 0.251 e. The maximum atomic E-state index is 12.7. The van der Waals surface area contributed by atoms with Crippen LogP contribution in [0.15, 0.2) is 28.8 Å². The molecule has 0 spiro atoms. The van der Waals surface area contributed by atoms with E-state index in [9.17, 15) is 4.79 Å². The molecule has 24 heavy (non-hydrogen) atoms. The number of aromatic nitrogens is 2. The van der Waals surface area contributed by atoms with E-state index in [2.05, 4.69) is 15.5 Å². The zero-order chi connectivity index (χ0) is 16.1. The Hall–Kier alpha value is -2.17. The van der Waals surface area contributed by atoms with Gasteiger partial charge in [-0.25, -0.2) is 0 Å². The van der Waals surface area contributed by atoms with Crippen molar-refractivity contribution in [2.75, 3.05) is 0 Å². The molecular formula is C19H21N3O2. The van der Waals surface area contributed by atoms with Crippen molar-refractivity contribution >= 4 is 5.91 Å². The Bertz CT molecular complexity index is 760. The Kier molecular flexibility index (Phi) is 3.21. The molecule has 0 saturated heterocycles. The van der Waals surface area contributed by atoms with E-state index in [1.807, 2.05) is 24.3 Å². The first-order valence-electron chi connectivity index (χ1n) is 9.03. The van der Waals surface area contributed by atoms with Crippen LogP contribution >= 0.6 is 0 Å². The highest BCUT2D eigenvalue weighted by Crippen LogP contribution is 2.44. The van der Waals surface area contributed by atoms with Crippen LogP contribution in [0, 0.1) is 11.8 Å². The highest BCUT2D eigenvalue weighted by Gasteiger charge is 2.42. The van der Waals surface area contributed by atoms with Gasteiger partial charge in [-0.05, 0) is 62.5 Å². The lowest BCUT2D eigenvalue weighted by molar-refractivity contribution is 0.0926. The van der Waals surface area contributed by atoms with Crippen molar-refractivity contribution in [2.45, 2.75) is 50.5 Å². The minimum Gasteiger partial charge on any atom is -0.349 e. The van der Waals surface area contributed by atoms with Crippen molar-refractivity contribution in [3.8, 4) is 11.4 Å². The summed E-state index contributed by atoms with van der Waals surface area (Å²) in [6, 6.07) is 7.91. The van der Waals surface area contributed by atoms with Gasteiger partial charge in [-0.3, -0.25) is 4.79 Å². The molecule has 5 heteroatoms. The molecule has 3 aliphatic carbocycles. The summed E-state index contributed by atoms with van der Waals surface area (Å²) in [5, 5.41) is 7.33. The monoisotopic (exact) mass is 323 g/mol. The van der Waals surface area contributed by atoms with Crippen molar-refractivity contribution in [2.24, 2.45) is 11.8 Å². The zero-order valence-electron chi connectivity index (χ0n) is 13.6. The molecule has 0 atom stereocenters. The summed E-state index contributed by atoms with van der Waals surface area (Å²) >= 11 is 0. The Morgan fingerprint density at radius 3 is 2.54 bits per heavy atom. The van der Waals surface area contributed by atoms with Crippen molar-refractivity contribution < 1.29 is 9.32 Å². The van der Waals surface area contributed by atoms with Gasteiger partial charge in [-0.15, -0.1) is 0 Å². The standard InChI is InChI=1S/C19H21N3O2/c23-18(20-16(11-4-5-11)12-6-7-12)15-3-1-2-14(10-15)17-21-19(24-22-17)13-8-9-13/h1-3,10-13,16H,4-9H2,(H,20,23). The number of nitrogens with zero attached hydrogens (tertiary/aromatic N) is 2. The maximum Gasteiger partial charge on any atom is 0.251 e.